The topological polar surface area (TPSA) is 67.8 Å². The minimum absolute atomic E-state index is 0.00710. The number of carbonyl (C=O) groups is 1. The Balaban J connectivity index is 1.63. The molecule has 0 bridgehead atoms. The average molecular weight is 436 g/mol. The summed E-state index contributed by atoms with van der Waals surface area (Å²) < 4.78 is 11.9. The summed E-state index contributed by atoms with van der Waals surface area (Å²) in [5, 5.41) is 12.7. The van der Waals surface area contributed by atoms with Crippen LogP contribution >= 0.6 is 23.4 Å². The van der Waals surface area contributed by atoms with Crippen LogP contribution in [0.25, 0.3) is 0 Å². The number of nitrogens with one attached hydrogen (secondary N) is 1. The highest BCUT2D eigenvalue weighted by molar-refractivity contribution is 7.99. The van der Waals surface area contributed by atoms with E-state index >= 15 is 0 Å². The molecule has 1 aliphatic rings. The van der Waals surface area contributed by atoms with Gasteiger partial charge in [-0.2, -0.15) is 0 Å². The third kappa shape index (κ3) is 5.59. The van der Waals surface area contributed by atoms with Crippen molar-refractivity contribution in [2.45, 2.75) is 37.6 Å². The summed E-state index contributed by atoms with van der Waals surface area (Å²) in [6.07, 6.45) is 0. The summed E-state index contributed by atoms with van der Waals surface area (Å²) in [6.45, 7) is 7.23. The summed E-state index contributed by atoms with van der Waals surface area (Å²) in [5.74, 6) is 1.18. The van der Waals surface area contributed by atoms with E-state index in [-0.39, 0.29) is 10.8 Å². The zero-order chi connectivity index (χ0) is 21.0. The monoisotopic (exact) mass is 435 g/mol. The average Bonchev–Trinajstić information content (AvgIpc) is 3.16. The minimum Gasteiger partial charge on any atom is -0.490 e. The number of carboxylic acids is 1. The van der Waals surface area contributed by atoms with E-state index in [0.717, 1.165) is 16.9 Å². The lowest BCUT2D eigenvalue weighted by Gasteiger charge is -2.23. The summed E-state index contributed by atoms with van der Waals surface area (Å²) >= 11 is 7.70. The van der Waals surface area contributed by atoms with Crippen LogP contribution in [-0.2, 0) is 10.2 Å². The molecule has 1 fully saturated rings. The van der Waals surface area contributed by atoms with Crippen LogP contribution in [0.5, 0.6) is 11.5 Å². The van der Waals surface area contributed by atoms with Crippen LogP contribution in [0.4, 0.5) is 0 Å². The molecule has 2 aromatic rings. The number of hydrogen-bond acceptors (Lipinski definition) is 5. The van der Waals surface area contributed by atoms with E-state index in [1.165, 1.54) is 11.8 Å². The molecule has 156 valence electrons. The first-order valence-electron chi connectivity index (χ1n) is 9.51. The Labute approximate surface area is 180 Å². The summed E-state index contributed by atoms with van der Waals surface area (Å²) in [6, 6.07) is 12.9. The van der Waals surface area contributed by atoms with Gasteiger partial charge >= 0.3 is 5.97 Å². The predicted octanol–water partition coefficient (Wildman–Crippen LogP) is 4.88. The van der Waals surface area contributed by atoms with Gasteiger partial charge in [0, 0.05) is 16.3 Å². The number of aliphatic carboxylic acids is 1. The molecular formula is C22H26ClNO4S. The Kier molecular flexibility index (Phi) is 6.98. The SMILES string of the molecule is CC(C)(C)c1ccccc1OCCOc1ccc(Cl)cc1C1NC(C(=O)O)CS1. The summed E-state index contributed by atoms with van der Waals surface area (Å²) in [5.41, 5.74) is 1.99. The van der Waals surface area contributed by atoms with Gasteiger partial charge in [-0.05, 0) is 35.2 Å². The van der Waals surface area contributed by atoms with Crippen molar-refractivity contribution < 1.29 is 19.4 Å². The zero-order valence-electron chi connectivity index (χ0n) is 16.8. The molecule has 1 heterocycles. The lowest BCUT2D eigenvalue weighted by Crippen LogP contribution is -2.33. The third-order valence-corrected chi connectivity index (χ3v) is 6.11. The van der Waals surface area contributed by atoms with Gasteiger partial charge in [-0.1, -0.05) is 50.6 Å². The molecule has 2 atom stereocenters. The third-order valence-electron chi connectivity index (χ3n) is 4.63. The first kappa shape index (κ1) is 21.8. The van der Waals surface area contributed by atoms with Gasteiger partial charge in [0.15, 0.2) is 0 Å². The molecular weight excluding hydrogens is 410 g/mol. The first-order chi connectivity index (χ1) is 13.8. The largest absolute Gasteiger partial charge is 0.490 e. The Bertz CT molecular complexity index is 868. The number of rotatable bonds is 7. The molecule has 0 spiro atoms. The smallest absolute Gasteiger partial charge is 0.321 e. The van der Waals surface area contributed by atoms with Crippen molar-refractivity contribution >= 4 is 29.3 Å². The van der Waals surface area contributed by atoms with Crippen molar-refractivity contribution in [3.8, 4) is 11.5 Å². The van der Waals surface area contributed by atoms with Crippen molar-refractivity contribution in [3.63, 3.8) is 0 Å². The van der Waals surface area contributed by atoms with Crippen molar-refractivity contribution in [3.05, 3.63) is 58.6 Å². The minimum atomic E-state index is -0.851. The first-order valence-corrected chi connectivity index (χ1v) is 10.9. The highest BCUT2D eigenvalue weighted by atomic mass is 35.5. The fourth-order valence-corrected chi connectivity index (χ4v) is 4.59. The number of ether oxygens (including phenoxy) is 2. The maximum absolute atomic E-state index is 11.2. The molecule has 0 radical (unpaired) electrons. The molecule has 2 N–H and O–H groups in total. The summed E-state index contributed by atoms with van der Waals surface area (Å²) in [4.78, 5) is 11.2. The lowest BCUT2D eigenvalue weighted by atomic mass is 9.86. The molecule has 0 saturated carbocycles. The van der Waals surface area contributed by atoms with Crippen LogP contribution in [0.15, 0.2) is 42.5 Å². The maximum atomic E-state index is 11.2. The second-order valence-corrected chi connectivity index (χ2v) is 9.47. The van der Waals surface area contributed by atoms with Gasteiger partial charge in [0.05, 0.1) is 5.37 Å². The molecule has 5 nitrogen and oxygen atoms in total. The van der Waals surface area contributed by atoms with Crippen molar-refractivity contribution in [2.24, 2.45) is 0 Å². The van der Waals surface area contributed by atoms with Crippen molar-refractivity contribution in [1.29, 1.82) is 0 Å². The van der Waals surface area contributed by atoms with Gasteiger partial charge < -0.3 is 14.6 Å². The highest BCUT2D eigenvalue weighted by Gasteiger charge is 2.32. The van der Waals surface area contributed by atoms with Gasteiger partial charge in [0.2, 0.25) is 0 Å². The fourth-order valence-electron chi connectivity index (χ4n) is 3.16. The van der Waals surface area contributed by atoms with Gasteiger partial charge in [-0.15, -0.1) is 11.8 Å². The van der Waals surface area contributed by atoms with Crippen LogP contribution in [0.3, 0.4) is 0 Å². The predicted molar refractivity (Wildman–Crippen MR) is 117 cm³/mol. The molecule has 1 saturated heterocycles. The molecule has 0 amide bonds. The van der Waals surface area contributed by atoms with Crippen LogP contribution in [-0.4, -0.2) is 36.1 Å². The van der Waals surface area contributed by atoms with Crippen molar-refractivity contribution in [2.75, 3.05) is 19.0 Å². The molecule has 0 aromatic heterocycles. The molecule has 29 heavy (non-hydrogen) atoms. The number of hydrogen-bond donors (Lipinski definition) is 2. The molecule has 7 heteroatoms. The Morgan fingerprint density at radius 3 is 2.52 bits per heavy atom. The molecule has 2 aromatic carbocycles. The second kappa shape index (κ2) is 9.28. The normalized spacial score (nSPS) is 19.2. The number of thioether (sulfide) groups is 1. The summed E-state index contributed by atoms with van der Waals surface area (Å²) in [7, 11) is 0. The van der Waals surface area contributed by atoms with E-state index in [4.69, 9.17) is 21.1 Å². The van der Waals surface area contributed by atoms with Crippen LogP contribution in [0, 0.1) is 0 Å². The fraction of sp³-hybridized carbons (Fsp3) is 0.409. The Morgan fingerprint density at radius 2 is 1.86 bits per heavy atom. The number of halogens is 1. The van der Waals surface area contributed by atoms with Crippen molar-refractivity contribution in [1.82, 2.24) is 5.32 Å². The maximum Gasteiger partial charge on any atom is 0.321 e. The van der Waals surface area contributed by atoms with Crippen LogP contribution in [0.1, 0.15) is 37.3 Å². The lowest BCUT2D eigenvalue weighted by molar-refractivity contribution is -0.138. The molecule has 2 unspecified atom stereocenters. The van der Waals surface area contributed by atoms with E-state index in [0.29, 0.717) is 29.7 Å². The van der Waals surface area contributed by atoms with Gasteiger partial charge in [-0.25, -0.2) is 0 Å². The molecule has 3 rings (SSSR count). The quantitative estimate of drug-likeness (QED) is 0.604. The molecule has 0 aliphatic carbocycles. The zero-order valence-corrected chi connectivity index (χ0v) is 18.3. The number of carboxylic acid groups (broad SMARTS) is 1. The van der Waals surface area contributed by atoms with Crippen LogP contribution in [0.2, 0.25) is 5.02 Å². The van der Waals surface area contributed by atoms with Gasteiger partial charge in [0.25, 0.3) is 0 Å². The van der Waals surface area contributed by atoms with Crippen LogP contribution < -0.4 is 14.8 Å². The Hall–Kier alpha value is -1.89. The van der Waals surface area contributed by atoms with E-state index < -0.39 is 12.0 Å². The number of benzene rings is 2. The number of para-hydroxylation sites is 1. The van der Waals surface area contributed by atoms with E-state index in [9.17, 15) is 9.90 Å². The highest BCUT2D eigenvalue weighted by Crippen LogP contribution is 2.39. The van der Waals surface area contributed by atoms with Gasteiger partial charge in [-0.3, -0.25) is 10.1 Å². The van der Waals surface area contributed by atoms with E-state index in [2.05, 4.69) is 32.2 Å². The second-order valence-electron chi connectivity index (χ2n) is 7.90. The van der Waals surface area contributed by atoms with E-state index in [1.807, 2.05) is 30.3 Å². The Morgan fingerprint density at radius 1 is 1.17 bits per heavy atom. The molecule has 1 aliphatic heterocycles. The van der Waals surface area contributed by atoms with E-state index in [1.54, 1.807) is 6.07 Å². The van der Waals surface area contributed by atoms with Gasteiger partial charge in [0.1, 0.15) is 30.8 Å². The standard InChI is InChI=1S/C22H26ClNO4S/c1-22(2,3)16-6-4-5-7-19(16)28-11-10-27-18-9-8-14(23)12-15(18)20-24-17(13-29-20)21(25)26/h4-9,12,17,20,24H,10-11,13H2,1-3H3,(H,25,26).